The number of halogens is 3. The smallest absolute Gasteiger partial charge is 0.305 e. The minimum Gasteiger partial charge on any atom is -0.305 e. The molecule has 0 aromatic carbocycles. The van der Waals surface area contributed by atoms with Gasteiger partial charge in [0.15, 0.2) is 5.17 Å². The zero-order valence-corrected chi connectivity index (χ0v) is 8.41. The minimum atomic E-state index is -4.92. The molecule has 0 aromatic rings. The number of thioether (sulfide) groups is 1. The third-order valence-corrected chi connectivity index (χ3v) is 2.30. The van der Waals surface area contributed by atoms with E-state index in [2.05, 4.69) is 10.3 Å². The van der Waals surface area contributed by atoms with E-state index in [-0.39, 0.29) is 23.4 Å². The van der Waals surface area contributed by atoms with Crippen LogP contribution in [0.25, 0.3) is 0 Å². The zero-order valence-electron chi connectivity index (χ0n) is 7.59. The van der Waals surface area contributed by atoms with Crippen molar-refractivity contribution in [3.8, 4) is 0 Å². The molecule has 4 nitrogen and oxygen atoms in total. The number of carbonyl (C=O) groups is 2. The average Bonchev–Trinajstić information content (AvgIpc) is 1.99. The van der Waals surface area contributed by atoms with Crippen LogP contribution in [-0.2, 0) is 9.59 Å². The van der Waals surface area contributed by atoms with Crippen molar-refractivity contribution in [3.63, 3.8) is 0 Å². The normalized spacial score (nSPS) is 22.0. The molecule has 0 aliphatic carbocycles. The summed E-state index contributed by atoms with van der Waals surface area (Å²) in [5.41, 5.74) is 0. The molecule has 1 rings (SSSR count). The molecule has 0 saturated heterocycles. The lowest BCUT2D eigenvalue weighted by atomic mass is 10.2. The lowest BCUT2D eigenvalue weighted by molar-refractivity contribution is -0.160. The van der Waals surface area contributed by atoms with Crippen LogP contribution < -0.4 is 5.32 Å². The quantitative estimate of drug-likeness (QED) is 0.689. The molecule has 1 aliphatic heterocycles. The Morgan fingerprint density at radius 1 is 1.60 bits per heavy atom. The molecule has 8 heteroatoms. The van der Waals surface area contributed by atoms with Gasteiger partial charge < -0.3 is 5.32 Å². The molecule has 0 fully saturated rings. The van der Waals surface area contributed by atoms with Crippen LogP contribution in [0.4, 0.5) is 13.2 Å². The molecule has 1 N–H and O–H groups in total. The van der Waals surface area contributed by atoms with Gasteiger partial charge in [-0.25, -0.2) is 0 Å². The number of hydrogen-bond donors (Lipinski definition) is 1. The van der Waals surface area contributed by atoms with E-state index in [9.17, 15) is 22.8 Å². The number of amidine groups is 1. The van der Waals surface area contributed by atoms with Crippen molar-refractivity contribution in [1.82, 2.24) is 5.32 Å². The maximum atomic E-state index is 11.9. The van der Waals surface area contributed by atoms with E-state index in [4.69, 9.17) is 0 Å². The summed E-state index contributed by atoms with van der Waals surface area (Å²) in [4.78, 5) is 25.2. The van der Waals surface area contributed by atoms with Crippen molar-refractivity contribution < 1.29 is 22.8 Å². The van der Waals surface area contributed by atoms with Gasteiger partial charge in [-0.15, -0.1) is 0 Å². The molecule has 0 bridgehead atoms. The Labute approximate surface area is 87.3 Å². The molecule has 0 aromatic heterocycles. The number of alkyl halides is 3. The second-order valence-corrected chi connectivity index (χ2v) is 3.88. The van der Waals surface area contributed by atoms with Crippen molar-refractivity contribution in [1.29, 1.82) is 0 Å². The predicted molar refractivity (Wildman–Crippen MR) is 48.3 cm³/mol. The zero-order chi connectivity index (χ0) is 11.6. The van der Waals surface area contributed by atoms with Gasteiger partial charge in [-0.3, -0.25) is 14.6 Å². The molecule has 1 atom stereocenters. The van der Waals surface area contributed by atoms with Crippen LogP contribution in [0.2, 0.25) is 0 Å². The monoisotopic (exact) mass is 240 g/mol. The first-order valence-electron chi connectivity index (χ1n) is 3.95. The molecule has 0 spiro atoms. The fourth-order valence-corrected chi connectivity index (χ4v) is 1.60. The third-order valence-electron chi connectivity index (χ3n) is 1.49. The van der Waals surface area contributed by atoms with Gasteiger partial charge in [0.25, 0.3) is 0 Å². The van der Waals surface area contributed by atoms with Gasteiger partial charge in [-0.2, -0.15) is 13.2 Å². The highest BCUT2D eigenvalue weighted by molar-refractivity contribution is 8.26. The lowest BCUT2D eigenvalue weighted by Gasteiger charge is -2.16. The largest absolute Gasteiger partial charge is 0.461 e. The van der Waals surface area contributed by atoms with Crippen molar-refractivity contribution in [2.75, 3.05) is 0 Å². The number of amides is 1. The summed E-state index contributed by atoms with van der Waals surface area (Å²) >= 11 is -0.111. The summed E-state index contributed by atoms with van der Waals surface area (Å²) in [6, 6.07) is -0.401. The number of nitrogens with one attached hydrogen (secondary N) is 1. The van der Waals surface area contributed by atoms with Gasteiger partial charge in [0, 0.05) is 6.42 Å². The Morgan fingerprint density at radius 3 is 2.67 bits per heavy atom. The van der Waals surface area contributed by atoms with Gasteiger partial charge >= 0.3 is 11.3 Å². The van der Waals surface area contributed by atoms with Gasteiger partial charge in [0.05, 0.1) is 6.04 Å². The first-order chi connectivity index (χ1) is 6.79. The maximum Gasteiger partial charge on any atom is 0.461 e. The summed E-state index contributed by atoms with van der Waals surface area (Å²) in [5, 5.41) is -0.178. The van der Waals surface area contributed by atoms with Crippen molar-refractivity contribution in [2.45, 2.75) is 25.6 Å². The molecule has 0 saturated carbocycles. The van der Waals surface area contributed by atoms with Crippen LogP contribution in [0.5, 0.6) is 0 Å². The van der Waals surface area contributed by atoms with E-state index >= 15 is 0 Å². The molecule has 1 unspecified atom stereocenters. The Hall–Kier alpha value is -1.05. The minimum absolute atomic E-state index is 0.111. The fraction of sp³-hybridized carbons (Fsp3) is 0.571. The first-order valence-corrected chi connectivity index (χ1v) is 4.77. The van der Waals surface area contributed by atoms with E-state index in [1.54, 1.807) is 6.92 Å². The van der Waals surface area contributed by atoms with Crippen LogP contribution in [0.3, 0.4) is 0 Å². The van der Waals surface area contributed by atoms with E-state index < -0.39 is 23.2 Å². The van der Waals surface area contributed by atoms with Crippen molar-refractivity contribution >= 4 is 28.0 Å². The summed E-state index contributed by atoms with van der Waals surface area (Å²) in [5.74, 6) is -0.435. The number of nitrogens with zero attached hydrogens (tertiary/aromatic N) is 1. The highest BCUT2D eigenvalue weighted by Gasteiger charge is 2.40. The first kappa shape index (κ1) is 12.0. The summed E-state index contributed by atoms with van der Waals surface area (Å²) < 4.78 is 35.6. The molecule has 1 heterocycles. The fourth-order valence-electron chi connectivity index (χ4n) is 0.914. The van der Waals surface area contributed by atoms with Crippen LogP contribution >= 0.6 is 11.8 Å². The highest BCUT2D eigenvalue weighted by atomic mass is 32.2. The Balaban J connectivity index is 2.67. The van der Waals surface area contributed by atoms with Gasteiger partial charge in [0.1, 0.15) is 0 Å². The van der Waals surface area contributed by atoms with E-state index in [1.165, 1.54) is 0 Å². The van der Waals surface area contributed by atoms with Crippen molar-refractivity contribution in [2.24, 2.45) is 4.99 Å². The van der Waals surface area contributed by atoms with Crippen LogP contribution in [0.15, 0.2) is 4.99 Å². The molecule has 84 valence electrons. The van der Waals surface area contributed by atoms with Crippen molar-refractivity contribution in [3.05, 3.63) is 0 Å². The Morgan fingerprint density at radius 2 is 2.20 bits per heavy atom. The molecule has 15 heavy (non-hydrogen) atoms. The maximum absolute atomic E-state index is 11.9. The molecular weight excluding hydrogens is 233 g/mol. The SMILES string of the molecule is CC1CC(=O)NC(SC(=O)C(F)(F)F)=N1. The second-order valence-electron chi connectivity index (χ2n) is 2.92. The topological polar surface area (TPSA) is 58.5 Å². The van der Waals surface area contributed by atoms with E-state index in [0.717, 1.165) is 0 Å². The third kappa shape index (κ3) is 3.54. The van der Waals surface area contributed by atoms with Crippen LogP contribution in [0.1, 0.15) is 13.3 Å². The number of rotatable bonds is 0. The summed E-state index contributed by atoms with van der Waals surface area (Å²) in [6.07, 6.45) is -4.80. The number of aliphatic imine (C=N–C) groups is 1. The predicted octanol–water partition coefficient (Wildman–Crippen LogP) is 1.07. The van der Waals surface area contributed by atoms with Crippen LogP contribution in [-0.4, -0.2) is 28.4 Å². The van der Waals surface area contributed by atoms with E-state index in [0.29, 0.717) is 0 Å². The van der Waals surface area contributed by atoms with Gasteiger partial charge in [0.2, 0.25) is 5.91 Å². The molecular formula is C7H7F3N2O2S. The number of hydrogen-bond acceptors (Lipinski definition) is 4. The van der Waals surface area contributed by atoms with Gasteiger partial charge in [-0.1, -0.05) is 0 Å². The molecule has 1 aliphatic rings. The Kier molecular flexibility index (Phi) is 3.38. The van der Waals surface area contributed by atoms with E-state index in [1.807, 2.05) is 0 Å². The second kappa shape index (κ2) is 4.21. The standard InChI is InChI=1S/C7H7F3N2O2S/c1-3-2-4(13)12-6(11-3)15-5(14)7(8,9)10/h3H,2H2,1H3,(H,11,12,13). The molecule has 1 amide bonds. The van der Waals surface area contributed by atoms with Crippen LogP contribution in [0, 0.1) is 0 Å². The summed E-state index contributed by atoms with van der Waals surface area (Å²) in [6.45, 7) is 1.58. The van der Waals surface area contributed by atoms with Gasteiger partial charge in [-0.05, 0) is 18.7 Å². The Bertz CT molecular complexity index is 327. The summed E-state index contributed by atoms with van der Waals surface area (Å²) in [7, 11) is 0. The molecule has 0 radical (unpaired) electrons. The highest BCUT2D eigenvalue weighted by Crippen LogP contribution is 2.24. The average molecular weight is 240 g/mol. The number of carbonyl (C=O) groups excluding carboxylic acids is 2. The lowest BCUT2D eigenvalue weighted by Crippen LogP contribution is -2.37.